The number of benzene rings is 3. The lowest BCUT2D eigenvalue weighted by Gasteiger charge is -2.16. The van der Waals surface area contributed by atoms with Crippen LogP contribution in [0.25, 0.3) is 21.8 Å². The molecule has 0 saturated heterocycles. The van der Waals surface area contributed by atoms with Crippen molar-refractivity contribution in [3.05, 3.63) is 84.4 Å². The fourth-order valence-corrected chi connectivity index (χ4v) is 4.73. The number of carbonyl (C=O) groups is 1. The molecule has 0 saturated carbocycles. The molecular weight excluding hydrogens is 374 g/mol. The third kappa shape index (κ3) is 3.24. The van der Waals surface area contributed by atoms with Crippen molar-refractivity contribution in [2.45, 2.75) is 5.25 Å². The molecule has 1 aromatic heterocycles. The van der Waals surface area contributed by atoms with Crippen LogP contribution in [0.4, 0.5) is 0 Å². The summed E-state index contributed by atoms with van der Waals surface area (Å²) in [5.41, 5.74) is 2.94. The predicted molar refractivity (Wildman–Crippen MR) is 116 cm³/mol. The molecule has 0 amide bonds. The molecule has 3 nitrogen and oxygen atoms in total. The molecule has 5 heteroatoms. The monoisotopic (exact) mass is 391 g/mol. The fourth-order valence-electron chi connectivity index (χ4n) is 3.26. The molecule has 4 aromatic rings. The van der Waals surface area contributed by atoms with E-state index in [0.29, 0.717) is 4.32 Å². The third-order valence-corrected chi connectivity index (χ3v) is 6.05. The lowest BCUT2D eigenvalue weighted by atomic mass is 10.1. The lowest BCUT2D eigenvalue weighted by molar-refractivity contribution is -0.140. The summed E-state index contributed by atoms with van der Waals surface area (Å²) in [7, 11) is 1.41. The first-order chi connectivity index (χ1) is 13.2. The molecule has 0 N–H and O–H groups in total. The summed E-state index contributed by atoms with van der Waals surface area (Å²) in [5.74, 6) is -0.311. The number of nitrogens with zero attached hydrogens (tertiary/aromatic N) is 1. The molecule has 0 aliphatic rings. The molecule has 1 unspecified atom stereocenters. The highest BCUT2D eigenvalue weighted by atomic mass is 32.2. The number of rotatable bonds is 3. The first-order valence-corrected chi connectivity index (χ1v) is 9.81. The molecule has 1 heterocycles. The summed E-state index contributed by atoms with van der Waals surface area (Å²) in [6, 6.07) is 25.9. The maximum Gasteiger partial charge on any atom is 0.323 e. The predicted octanol–water partition coefficient (Wildman–Crippen LogP) is 5.58. The Balaban J connectivity index is 1.81. The molecule has 0 aliphatic heterocycles. The molecule has 1 atom stereocenters. The van der Waals surface area contributed by atoms with Crippen LogP contribution in [0, 0.1) is 0 Å². The molecule has 27 heavy (non-hydrogen) atoms. The van der Waals surface area contributed by atoms with Gasteiger partial charge in [0.05, 0.1) is 18.1 Å². The Kier molecular flexibility index (Phi) is 4.97. The van der Waals surface area contributed by atoms with Crippen molar-refractivity contribution in [3.63, 3.8) is 0 Å². The van der Waals surface area contributed by atoms with Crippen LogP contribution < -0.4 is 0 Å². The summed E-state index contributed by atoms with van der Waals surface area (Å²) in [6.07, 6.45) is 0. The number of hydrogen-bond donors (Lipinski definition) is 0. The summed E-state index contributed by atoms with van der Waals surface area (Å²) >= 11 is 7.13. The van der Waals surface area contributed by atoms with Crippen molar-refractivity contribution in [3.8, 4) is 0 Å². The maximum atomic E-state index is 12.4. The van der Waals surface area contributed by atoms with Gasteiger partial charge in [0.25, 0.3) is 0 Å². The van der Waals surface area contributed by atoms with Crippen LogP contribution in [-0.2, 0) is 9.53 Å². The number of para-hydroxylation sites is 2. The smallest absolute Gasteiger partial charge is 0.323 e. The highest BCUT2D eigenvalue weighted by Gasteiger charge is 2.25. The van der Waals surface area contributed by atoms with Crippen molar-refractivity contribution in [2.24, 2.45) is 0 Å². The Morgan fingerprint density at radius 1 is 0.889 bits per heavy atom. The van der Waals surface area contributed by atoms with Crippen molar-refractivity contribution < 1.29 is 9.53 Å². The van der Waals surface area contributed by atoms with Gasteiger partial charge in [0.2, 0.25) is 0 Å². The molecule has 0 spiro atoms. The van der Waals surface area contributed by atoms with Gasteiger partial charge in [-0.05, 0) is 17.7 Å². The summed E-state index contributed by atoms with van der Waals surface area (Å²) < 4.78 is 7.69. The van der Waals surface area contributed by atoms with E-state index in [1.54, 1.807) is 0 Å². The van der Waals surface area contributed by atoms with E-state index in [2.05, 4.69) is 24.3 Å². The van der Waals surface area contributed by atoms with Gasteiger partial charge in [-0.1, -0.05) is 90.7 Å². The zero-order valence-corrected chi connectivity index (χ0v) is 16.3. The Bertz CT molecular complexity index is 1080. The maximum absolute atomic E-state index is 12.4. The van der Waals surface area contributed by atoms with Crippen LogP contribution in [0.3, 0.4) is 0 Å². The van der Waals surface area contributed by atoms with Crippen molar-refractivity contribution in [2.75, 3.05) is 7.11 Å². The fraction of sp³-hybridized carbons (Fsp3) is 0.0909. The quantitative estimate of drug-likeness (QED) is 0.337. The molecule has 0 fully saturated rings. The molecule has 3 aromatic carbocycles. The van der Waals surface area contributed by atoms with Gasteiger partial charge in [-0.25, -0.2) is 0 Å². The van der Waals surface area contributed by atoms with Crippen molar-refractivity contribution >= 4 is 56.1 Å². The van der Waals surface area contributed by atoms with E-state index in [1.165, 1.54) is 18.9 Å². The Morgan fingerprint density at radius 3 is 1.96 bits per heavy atom. The average Bonchev–Trinajstić information content (AvgIpc) is 3.06. The van der Waals surface area contributed by atoms with E-state index in [-0.39, 0.29) is 5.97 Å². The van der Waals surface area contributed by atoms with Gasteiger partial charge in [-0.3, -0.25) is 9.36 Å². The Hall–Kier alpha value is -2.63. The molecule has 0 radical (unpaired) electrons. The second-order valence-corrected chi connectivity index (χ2v) is 7.81. The minimum absolute atomic E-state index is 0.311. The third-order valence-electron chi connectivity index (χ3n) is 4.50. The molecule has 0 aliphatic carbocycles. The van der Waals surface area contributed by atoms with Crippen molar-refractivity contribution in [1.82, 2.24) is 4.57 Å². The summed E-state index contributed by atoms with van der Waals surface area (Å²) in [6.45, 7) is 0. The summed E-state index contributed by atoms with van der Waals surface area (Å²) in [5, 5.41) is 1.78. The first kappa shape index (κ1) is 17.8. The number of fused-ring (bicyclic) bond motifs is 3. The van der Waals surface area contributed by atoms with E-state index in [0.717, 1.165) is 27.4 Å². The minimum Gasteiger partial charge on any atom is -0.468 e. The number of carbonyl (C=O) groups excluding carboxylic acids is 1. The number of hydrogen-bond acceptors (Lipinski definition) is 4. The standard InChI is InChI=1S/C22H17NO2S2/c1-25-21(24)20(15-9-3-2-4-10-15)27-22(26)23-18-13-7-5-11-16(18)17-12-6-8-14-19(17)23/h2-14,20H,1H3. The first-order valence-electron chi connectivity index (χ1n) is 8.52. The van der Waals surface area contributed by atoms with Crippen LogP contribution in [0.1, 0.15) is 10.8 Å². The van der Waals surface area contributed by atoms with Crippen LogP contribution >= 0.6 is 24.0 Å². The van der Waals surface area contributed by atoms with Gasteiger partial charge >= 0.3 is 5.97 Å². The minimum atomic E-state index is -0.511. The number of ether oxygens (including phenoxy) is 1. The zero-order chi connectivity index (χ0) is 18.8. The number of thiocarbonyl (C=S) groups is 1. The van der Waals surface area contributed by atoms with Gasteiger partial charge in [0, 0.05) is 10.8 Å². The normalized spacial score (nSPS) is 12.2. The highest BCUT2D eigenvalue weighted by molar-refractivity contribution is 8.23. The van der Waals surface area contributed by atoms with Crippen LogP contribution in [0.5, 0.6) is 0 Å². The number of thioether (sulfide) groups is 1. The SMILES string of the molecule is COC(=O)C(SC(=S)n1c2ccccc2c2ccccc21)c1ccccc1. The lowest BCUT2D eigenvalue weighted by Crippen LogP contribution is -2.15. The Labute approximate surface area is 166 Å². The Morgan fingerprint density at radius 2 is 1.41 bits per heavy atom. The van der Waals surface area contributed by atoms with E-state index >= 15 is 0 Å². The van der Waals surface area contributed by atoms with E-state index in [9.17, 15) is 4.79 Å². The largest absolute Gasteiger partial charge is 0.468 e. The van der Waals surface area contributed by atoms with E-state index < -0.39 is 5.25 Å². The average molecular weight is 392 g/mol. The van der Waals surface area contributed by atoms with Gasteiger partial charge in [-0.15, -0.1) is 0 Å². The second-order valence-electron chi connectivity index (χ2n) is 6.07. The highest BCUT2D eigenvalue weighted by Crippen LogP contribution is 2.36. The number of esters is 1. The number of aromatic nitrogens is 1. The number of methoxy groups -OCH3 is 1. The van der Waals surface area contributed by atoms with Crippen LogP contribution in [0.15, 0.2) is 78.9 Å². The summed E-state index contributed by atoms with van der Waals surface area (Å²) in [4.78, 5) is 12.4. The van der Waals surface area contributed by atoms with Crippen molar-refractivity contribution in [1.29, 1.82) is 0 Å². The zero-order valence-electron chi connectivity index (χ0n) is 14.7. The molecular formula is C22H17NO2S2. The van der Waals surface area contributed by atoms with Gasteiger partial charge in [-0.2, -0.15) is 0 Å². The van der Waals surface area contributed by atoms with Crippen LogP contribution in [-0.4, -0.2) is 22.0 Å². The van der Waals surface area contributed by atoms with E-state index in [1.807, 2.05) is 59.2 Å². The molecule has 0 bridgehead atoms. The molecule has 134 valence electrons. The van der Waals surface area contributed by atoms with Crippen LogP contribution in [0.2, 0.25) is 0 Å². The van der Waals surface area contributed by atoms with Gasteiger partial charge < -0.3 is 4.74 Å². The van der Waals surface area contributed by atoms with Gasteiger partial charge in [0.1, 0.15) is 9.57 Å². The second kappa shape index (κ2) is 7.55. The molecule has 4 rings (SSSR count). The topological polar surface area (TPSA) is 31.2 Å². The van der Waals surface area contributed by atoms with E-state index in [4.69, 9.17) is 17.0 Å². The van der Waals surface area contributed by atoms with Gasteiger partial charge in [0.15, 0.2) is 0 Å².